The lowest BCUT2D eigenvalue weighted by molar-refractivity contribution is -0.116. The van der Waals surface area contributed by atoms with E-state index >= 15 is 0 Å². The molecule has 2 aromatic carbocycles. The van der Waals surface area contributed by atoms with Crippen LogP contribution < -0.4 is 11.1 Å². The Morgan fingerprint density at radius 1 is 1.24 bits per heavy atom. The Bertz CT molecular complexity index is 875. The Morgan fingerprint density at radius 2 is 2.00 bits per heavy atom. The van der Waals surface area contributed by atoms with Crippen LogP contribution in [0.5, 0.6) is 0 Å². The zero-order valence-corrected chi connectivity index (χ0v) is 14.5. The van der Waals surface area contributed by atoms with Crippen LogP contribution in [0.15, 0.2) is 52.9 Å². The van der Waals surface area contributed by atoms with Crippen molar-refractivity contribution in [1.29, 1.82) is 0 Å². The van der Waals surface area contributed by atoms with Crippen LogP contribution in [-0.4, -0.2) is 10.9 Å². The van der Waals surface area contributed by atoms with Crippen LogP contribution >= 0.6 is 12.4 Å². The molecule has 0 radical (unpaired) electrons. The summed E-state index contributed by atoms with van der Waals surface area (Å²) in [7, 11) is 0. The zero-order valence-electron chi connectivity index (χ0n) is 13.6. The molecule has 1 aliphatic rings. The first-order valence-electron chi connectivity index (χ1n) is 8.20. The molecule has 6 heteroatoms. The number of anilines is 1. The van der Waals surface area contributed by atoms with Crippen LogP contribution in [0.1, 0.15) is 42.7 Å². The summed E-state index contributed by atoms with van der Waals surface area (Å²) in [6.07, 6.45) is 2.52. The Balaban J connectivity index is 0.00000182. The van der Waals surface area contributed by atoms with Gasteiger partial charge in [0.1, 0.15) is 5.52 Å². The molecule has 130 valence electrons. The second-order valence-corrected chi connectivity index (χ2v) is 6.28. The van der Waals surface area contributed by atoms with E-state index in [1.807, 2.05) is 48.5 Å². The van der Waals surface area contributed by atoms with Crippen molar-refractivity contribution in [3.8, 4) is 0 Å². The molecule has 3 aromatic rings. The summed E-state index contributed by atoms with van der Waals surface area (Å²) in [5.41, 5.74) is 9.29. The van der Waals surface area contributed by atoms with Crippen LogP contribution in [-0.2, 0) is 4.79 Å². The molecule has 1 saturated carbocycles. The third-order valence-electron chi connectivity index (χ3n) is 4.25. The molecule has 1 unspecified atom stereocenters. The molecule has 3 N–H and O–H groups in total. The van der Waals surface area contributed by atoms with Crippen LogP contribution in [0.4, 0.5) is 5.69 Å². The zero-order chi connectivity index (χ0) is 16.5. The van der Waals surface area contributed by atoms with Gasteiger partial charge >= 0.3 is 0 Å². The molecule has 1 fully saturated rings. The van der Waals surface area contributed by atoms with Crippen molar-refractivity contribution in [3.63, 3.8) is 0 Å². The Labute approximate surface area is 152 Å². The van der Waals surface area contributed by atoms with Gasteiger partial charge in [0, 0.05) is 30.1 Å². The number of aromatic nitrogens is 1. The monoisotopic (exact) mass is 357 g/mol. The number of hydrogen-bond acceptors (Lipinski definition) is 4. The second kappa shape index (κ2) is 7.25. The first-order valence-corrected chi connectivity index (χ1v) is 8.20. The predicted molar refractivity (Wildman–Crippen MR) is 99.8 cm³/mol. The summed E-state index contributed by atoms with van der Waals surface area (Å²) in [6.45, 7) is 0. The molecule has 1 atom stereocenters. The minimum Gasteiger partial charge on any atom is -0.440 e. The van der Waals surface area contributed by atoms with Gasteiger partial charge in [0.05, 0.1) is 0 Å². The highest BCUT2D eigenvalue weighted by Crippen LogP contribution is 2.40. The normalized spacial score (nSPS) is 14.8. The van der Waals surface area contributed by atoms with Gasteiger partial charge < -0.3 is 15.5 Å². The smallest absolute Gasteiger partial charge is 0.226 e. The number of benzene rings is 2. The van der Waals surface area contributed by atoms with Crippen LogP contribution in [0, 0.1) is 0 Å². The van der Waals surface area contributed by atoms with E-state index in [4.69, 9.17) is 10.2 Å². The Hall–Kier alpha value is -2.37. The molecular formula is C19H20ClN3O2. The minimum atomic E-state index is -0.318. The fraction of sp³-hybridized carbons (Fsp3) is 0.263. The number of nitrogens with one attached hydrogen (secondary N) is 1. The van der Waals surface area contributed by atoms with Crippen molar-refractivity contribution in [2.45, 2.75) is 31.2 Å². The molecule has 0 aliphatic heterocycles. The lowest BCUT2D eigenvalue weighted by Gasteiger charge is -2.12. The second-order valence-electron chi connectivity index (χ2n) is 6.28. The number of carbonyl (C=O) groups is 1. The van der Waals surface area contributed by atoms with Gasteiger partial charge in [0.25, 0.3) is 0 Å². The SMILES string of the molecule is Cl.NC(CC(=O)Nc1ccc2nc(C3CC3)oc2c1)c1ccccc1. The van der Waals surface area contributed by atoms with Crippen molar-refractivity contribution >= 4 is 35.1 Å². The number of rotatable bonds is 5. The standard InChI is InChI=1S/C19H19N3O2.ClH/c20-15(12-4-2-1-3-5-12)11-18(23)21-14-8-9-16-17(10-14)24-19(22-16)13-6-7-13;/h1-5,8-10,13,15H,6-7,11,20H2,(H,21,23);1H. The Morgan fingerprint density at radius 3 is 2.72 bits per heavy atom. The van der Waals surface area contributed by atoms with Gasteiger partial charge in [-0.2, -0.15) is 0 Å². The van der Waals surface area contributed by atoms with E-state index in [0.717, 1.165) is 29.8 Å². The molecular weight excluding hydrogens is 338 g/mol. The Kier molecular flexibility index (Phi) is 5.06. The molecule has 25 heavy (non-hydrogen) atoms. The maximum atomic E-state index is 12.2. The van der Waals surface area contributed by atoms with Gasteiger partial charge in [-0.15, -0.1) is 12.4 Å². The summed E-state index contributed by atoms with van der Waals surface area (Å²) >= 11 is 0. The summed E-state index contributed by atoms with van der Waals surface area (Å²) in [4.78, 5) is 16.7. The number of halogens is 1. The number of amides is 1. The molecule has 1 aliphatic carbocycles. The average molecular weight is 358 g/mol. The number of oxazole rings is 1. The van der Waals surface area contributed by atoms with Gasteiger partial charge in [-0.25, -0.2) is 4.98 Å². The fourth-order valence-corrected chi connectivity index (χ4v) is 2.75. The molecule has 5 nitrogen and oxygen atoms in total. The third-order valence-corrected chi connectivity index (χ3v) is 4.25. The molecule has 0 saturated heterocycles. The lowest BCUT2D eigenvalue weighted by Crippen LogP contribution is -2.20. The number of carbonyl (C=O) groups excluding carboxylic acids is 1. The fourth-order valence-electron chi connectivity index (χ4n) is 2.75. The maximum Gasteiger partial charge on any atom is 0.226 e. The van der Waals surface area contributed by atoms with E-state index in [1.165, 1.54) is 0 Å². The average Bonchev–Trinajstić information content (AvgIpc) is 3.35. The van der Waals surface area contributed by atoms with Crippen LogP contribution in [0.2, 0.25) is 0 Å². The minimum absolute atomic E-state index is 0. The molecule has 1 heterocycles. The molecule has 0 bridgehead atoms. The van der Waals surface area contributed by atoms with Crippen molar-refractivity contribution in [1.82, 2.24) is 4.98 Å². The van der Waals surface area contributed by atoms with Gasteiger partial charge in [0.15, 0.2) is 11.5 Å². The van der Waals surface area contributed by atoms with Crippen molar-refractivity contribution < 1.29 is 9.21 Å². The first-order chi connectivity index (χ1) is 11.7. The summed E-state index contributed by atoms with van der Waals surface area (Å²) in [5, 5.41) is 2.88. The van der Waals surface area contributed by atoms with Gasteiger partial charge in [-0.1, -0.05) is 30.3 Å². The topological polar surface area (TPSA) is 81.2 Å². The number of hydrogen-bond donors (Lipinski definition) is 2. The number of nitrogens with two attached hydrogens (primary N) is 1. The van der Waals surface area contributed by atoms with Crippen molar-refractivity contribution in [3.05, 3.63) is 60.0 Å². The van der Waals surface area contributed by atoms with E-state index in [1.54, 1.807) is 0 Å². The summed E-state index contributed by atoms with van der Waals surface area (Å²) < 4.78 is 5.78. The molecule has 1 aromatic heterocycles. The highest BCUT2D eigenvalue weighted by atomic mass is 35.5. The van der Waals surface area contributed by atoms with E-state index < -0.39 is 0 Å². The van der Waals surface area contributed by atoms with Gasteiger partial charge in [-0.05, 0) is 30.5 Å². The molecule has 4 rings (SSSR count). The van der Waals surface area contributed by atoms with E-state index in [2.05, 4.69) is 10.3 Å². The van der Waals surface area contributed by atoms with Crippen LogP contribution in [0.3, 0.4) is 0 Å². The van der Waals surface area contributed by atoms with Crippen molar-refractivity contribution in [2.75, 3.05) is 5.32 Å². The predicted octanol–water partition coefficient (Wildman–Crippen LogP) is 4.16. The quantitative estimate of drug-likeness (QED) is 0.718. The molecule has 0 spiro atoms. The van der Waals surface area contributed by atoms with E-state index in [0.29, 0.717) is 17.2 Å². The lowest BCUT2D eigenvalue weighted by atomic mass is 10.0. The van der Waals surface area contributed by atoms with Crippen molar-refractivity contribution in [2.24, 2.45) is 5.73 Å². The summed E-state index contributed by atoms with van der Waals surface area (Å²) in [5.74, 6) is 1.16. The largest absolute Gasteiger partial charge is 0.440 e. The van der Waals surface area contributed by atoms with E-state index in [-0.39, 0.29) is 30.8 Å². The van der Waals surface area contributed by atoms with Crippen LogP contribution in [0.25, 0.3) is 11.1 Å². The highest BCUT2D eigenvalue weighted by Gasteiger charge is 2.28. The van der Waals surface area contributed by atoms with Gasteiger partial charge in [0.2, 0.25) is 5.91 Å². The highest BCUT2D eigenvalue weighted by molar-refractivity contribution is 5.93. The number of fused-ring (bicyclic) bond motifs is 1. The first kappa shape index (κ1) is 17.5. The van der Waals surface area contributed by atoms with Gasteiger partial charge in [-0.3, -0.25) is 4.79 Å². The third kappa shape index (κ3) is 4.00. The molecule has 1 amide bonds. The maximum absolute atomic E-state index is 12.2. The number of nitrogens with zero attached hydrogens (tertiary/aromatic N) is 1. The van der Waals surface area contributed by atoms with E-state index in [9.17, 15) is 4.79 Å². The summed E-state index contributed by atoms with van der Waals surface area (Å²) in [6, 6.07) is 14.8.